The summed E-state index contributed by atoms with van der Waals surface area (Å²) in [5, 5.41) is 17.8. The summed E-state index contributed by atoms with van der Waals surface area (Å²) < 4.78 is 5.96. The second-order valence-corrected chi connectivity index (χ2v) is 7.59. The fraction of sp³-hybridized carbons (Fsp3) is 0.368. The van der Waals surface area contributed by atoms with E-state index >= 15 is 0 Å². The highest BCUT2D eigenvalue weighted by atomic mass is 32.1. The first-order chi connectivity index (χ1) is 13.7. The maximum absolute atomic E-state index is 12.5. The second kappa shape index (κ2) is 8.49. The van der Waals surface area contributed by atoms with Gasteiger partial charge in [-0.25, -0.2) is 0 Å². The zero-order valence-corrected chi connectivity index (χ0v) is 16.2. The zero-order valence-electron chi connectivity index (χ0n) is 15.4. The number of aryl methyl sites for hydroxylation is 1. The number of amides is 1. The molecule has 1 aliphatic rings. The Kier molecular flexibility index (Phi) is 5.63. The number of carbonyl (C=O) groups excluding carboxylic acids is 1. The molecule has 0 spiro atoms. The summed E-state index contributed by atoms with van der Waals surface area (Å²) in [4.78, 5) is 22.0. The smallest absolute Gasteiger partial charge is 0.320 e. The van der Waals surface area contributed by atoms with Gasteiger partial charge in [-0.05, 0) is 30.5 Å². The minimum atomic E-state index is -0.206. The van der Waals surface area contributed by atoms with Gasteiger partial charge in [-0.3, -0.25) is 9.69 Å². The van der Waals surface area contributed by atoms with E-state index in [0.29, 0.717) is 29.5 Å². The van der Waals surface area contributed by atoms with E-state index in [2.05, 4.69) is 15.0 Å². The van der Waals surface area contributed by atoms with Gasteiger partial charge in [0, 0.05) is 44.7 Å². The van der Waals surface area contributed by atoms with E-state index < -0.39 is 0 Å². The van der Waals surface area contributed by atoms with Crippen LogP contribution in [0.4, 0.5) is 0 Å². The number of nitrogens with zero attached hydrogens (tertiary/aromatic N) is 5. The van der Waals surface area contributed by atoms with Crippen molar-refractivity contribution in [3.63, 3.8) is 0 Å². The molecule has 0 radical (unpaired) electrons. The highest BCUT2D eigenvalue weighted by molar-refractivity contribution is 7.13. The van der Waals surface area contributed by atoms with E-state index in [1.807, 2.05) is 17.5 Å². The molecule has 4 rings (SSSR count). The number of thiophene rings is 1. The maximum Gasteiger partial charge on any atom is 0.320 e. The van der Waals surface area contributed by atoms with Crippen LogP contribution < -0.4 is 4.73 Å². The number of pyridine rings is 1. The Morgan fingerprint density at radius 1 is 1.21 bits per heavy atom. The van der Waals surface area contributed by atoms with Crippen LogP contribution in [0.15, 0.2) is 46.4 Å². The van der Waals surface area contributed by atoms with E-state index in [0.717, 1.165) is 37.4 Å². The van der Waals surface area contributed by atoms with Crippen molar-refractivity contribution in [3.05, 3.63) is 58.7 Å². The van der Waals surface area contributed by atoms with Crippen molar-refractivity contribution in [2.45, 2.75) is 12.8 Å². The molecule has 0 bridgehead atoms. The number of aromatic nitrogens is 3. The third-order valence-electron chi connectivity index (χ3n) is 4.78. The third-order valence-corrected chi connectivity index (χ3v) is 5.64. The van der Waals surface area contributed by atoms with Crippen molar-refractivity contribution in [1.82, 2.24) is 19.9 Å². The van der Waals surface area contributed by atoms with Crippen LogP contribution >= 0.6 is 11.3 Å². The molecule has 1 saturated heterocycles. The van der Waals surface area contributed by atoms with Gasteiger partial charge in [0.15, 0.2) is 6.20 Å². The second-order valence-electron chi connectivity index (χ2n) is 6.64. The van der Waals surface area contributed by atoms with Crippen molar-refractivity contribution in [1.29, 1.82) is 0 Å². The van der Waals surface area contributed by atoms with Gasteiger partial charge in [0.05, 0.1) is 4.88 Å². The van der Waals surface area contributed by atoms with Gasteiger partial charge >= 0.3 is 5.91 Å². The van der Waals surface area contributed by atoms with E-state index in [1.165, 1.54) is 6.20 Å². The molecule has 0 N–H and O–H groups in total. The lowest BCUT2D eigenvalue weighted by Gasteiger charge is -2.34. The van der Waals surface area contributed by atoms with Crippen LogP contribution in [0.1, 0.15) is 22.8 Å². The molecule has 0 unspecified atom stereocenters. The minimum absolute atomic E-state index is 0.175. The molecule has 9 heteroatoms. The SMILES string of the molecule is O=C(c1cccc[n+]1[O-])N1CCN(CCCc2nc(-c3cccs3)no2)CC1. The van der Waals surface area contributed by atoms with Crippen LogP contribution in [0.5, 0.6) is 0 Å². The largest absolute Gasteiger partial charge is 0.618 e. The first kappa shape index (κ1) is 18.6. The molecule has 1 fully saturated rings. The van der Waals surface area contributed by atoms with Crippen LogP contribution in [0.25, 0.3) is 10.7 Å². The molecule has 146 valence electrons. The average molecular weight is 399 g/mol. The maximum atomic E-state index is 12.5. The minimum Gasteiger partial charge on any atom is -0.618 e. The standard InChI is InChI=1S/C19H21N5O3S/c25-19(15-5-1-2-9-24(15)26)23-12-10-22(11-13-23)8-3-7-17-20-18(21-27-17)16-6-4-14-28-16/h1-2,4-6,9,14H,3,7-8,10-13H2. The predicted molar refractivity (Wildman–Crippen MR) is 104 cm³/mol. The summed E-state index contributed by atoms with van der Waals surface area (Å²) in [6, 6.07) is 8.84. The third kappa shape index (κ3) is 4.20. The summed E-state index contributed by atoms with van der Waals surface area (Å²) in [5.41, 5.74) is 0.175. The number of carbonyl (C=O) groups is 1. The molecule has 0 saturated carbocycles. The van der Waals surface area contributed by atoms with Crippen molar-refractivity contribution in [2.24, 2.45) is 0 Å². The van der Waals surface area contributed by atoms with Crippen molar-refractivity contribution < 1.29 is 14.0 Å². The fourth-order valence-electron chi connectivity index (χ4n) is 3.25. The molecular weight excluding hydrogens is 378 g/mol. The Bertz CT molecular complexity index is 919. The molecule has 0 atom stereocenters. The Morgan fingerprint density at radius 2 is 2.07 bits per heavy atom. The molecule has 4 heterocycles. The number of piperazine rings is 1. The Morgan fingerprint density at radius 3 is 2.82 bits per heavy atom. The van der Waals surface area contributed by atoms with Crippen LogP contribution in [-0.4, -0.2) is 58.6 Å². The Labute approximate surface area is 166 Å². The molecule has 1 amide bonds. The molecule has 28 heavy (non-hydrogen) atoms. The molecular formula is C19H21N5O3S. The highest BCUT2D eigenvalue weighted by Gasteiger charge is 2.26. The van der Waals surface area contributed by atoms with Gasteiger partial charge in [-0.15, -0.1) is 11.3 Å². The predicted octanol–water partition coefficient (Wildman–Crippen LogP) is 1.82. The molecule has 0 aromatic carbocycles. The summed E-state index contributed by atoms with van der Waals surface area (Å²) in [6.45, 7) is 3.74. The lowest BCUT2D eigenvalue weighted by Crippen LogP contribution is -2.51. The number of rotatable bonds is 6. The van der Waals surface area contributed by atoms with Crippen molar-refractivity contribution >= 4 is 17.2 Å². The molecule has 0 aliphatic carbocycles. The molecule has 1 aliphatic heterocycles. The van der Waals surface area contributed by atoms with Crippen LogP contribution in [0.3, 0.4) is 0 Å². The van der Waals surface area contributed by atoms with Crippen LogP contribution in [0, 0.1) is 5.21 Å². The molecule has 3 aromatic heterocycles. The van der Waals surface area contributed by atoms with Crippen molar-refractivity contribution in [2.75, 3.05) is 32.7 Å². The number of hydrogen-bond donors (Lipinski definition) is 0. The van der Waals surface area contributed by atoms with Gasteiger partial charge in [0.2, 0.25) is 11.7 Å². The molecule has 3 aromatic rings. The van der Waals surface area contributed by atoms with Gasteiger partial charge < -0.3 is 14.6 Å². The normalized spacial score (nSPS) is 15.1. The lowest BCUT2D eigenvalue weighted by atomic mass is 10.2. The topological polar surface area (TPSA) is 89.4 Å². The van der Waals surface area contributed by atoms with Gasteiger partial charge in [0.25, 0.3) is 5.69 Å². The van der Waals surface area contributed by atoms with Crippen LogP contribution in [-0.2, 0) is 6.42 Å². The first-order valence-corrected chi connectivity index (χ1v) is 10.1. The first-order valence-electron chi connectivity index (χ1n) is 9.27. The van der Waals surface area contributed by atoms with E-state index in [9.17, 15) is 10.0 Å². The van der Waals surface area contributed by atoms with E-state index in [-0.39, 0.29) is 11.6 Å². The summed E-state index contributed by atoms with van der Waals surface area (Å²) in [6.07, 6.45) is 3.00. The Hall–Kier alpha value is -2.78. The fourth-order valence-corrected chi connectivity index (χ4v) is 3.90. The van der Waals surface area contributed by atoms with Gasteiger partial charge in [-0.2, -0.15) is 9.71 Å². The lowest BCUT2D eigenvalue weighted by molar-refractivity contribution is -0.608. The average Bonchev–Trinajstić information content (AvgIpc) is 3.40. The summed E-state index contributed by atoms with van der Waals surface area (Å²) >= 11 is 1.59. The summed E-state index contributed by atoms with van der Waals surface area (Å²) in [7, 11) is 0. The van der Waals surface area contributed by atoms with E-state index in [1.54, 1.807) is 34.4 Å². The van der Waals surface area contributed by atoms with Crippen molar-refractivity contribution in [3.8, 4) is 10.7 Å². The summed E-state index contributed by atoms with van der Waals surface area (Å²) in [5.74, 6) is 1.09. The monoisotopic (exact) mass is 399 g/mol. The van der Waals surface area contributed by atoms with Crippen LogP contribution in [0.2, 0.25) is 0 Å². The highest BCUT2D eigenvalue weighted by Crippen LogP contribution is 2.21. The molecule has 8 nitrogen and oxygen atoms in total. The van der Waals surface area contributed by atoms with E-state index in [4.69, 9.17) is 4.52 Å². The van der Waals surface area contributed by atoms with Gasteiger partial charge in [0.1, 0.15) is 0 Å². The Balaban J connectivity index is 1.22. The zero-order chi connectivity index (χ0) is 19.3. The number of hydrogen-bond acceptors (Lipinski definition) is 7. The quantitative estimate of drug-likeness (QED) is 0.464. The van der Waals surface area contributed by atoms with Gasteiger partial charge in [-0.1, -0.05) is 11.2 Å².